The van der Waals surface area contributed by atoms with Crippen molar-refractivity contribution in [3.8, 4) is 0 Å². The van der Waals surface area contributed by atoms with Crippen molar-refractivity contribution in [2.45, 2.75) is 32.3 Å². The highest BCUT2D eigenvalue weighted by Gasteiger charge is 2.31. The number of β-amino-alcohol motifs (C(OH)–C–C–N with tert-alkyl or cyclic N) is 1. The molecule has 1 fully saturated rings. The Labute approximate surface area is 62.6 Å². The molecule has 0 spiro atoms. The van der Waals surface area contributed by atoms with Crippen LogP contribution >= 0.6 is 0 Å². The zero-order chi connectivity index (χ0) is 7.61. The van der Waals surface area contributed by atoms with E-state index >= 15 is 0 Å². The molecule has 0 aliphatic carbocycles. The maximum Gasteiger partial charge on any atom is 0.0794 e. The topological polar surface area (TPSA) is 32.3 Å². The van der Waals surface area contributed by atoms with E-state index in [4.69, 9.17) is 0 Å². The first-order valence-corrected chi connectivity index (χ1v) is 4.08. The van der Waals surface area contributed by atoms with E-state index in [0.29, 0.717) is 5.92 Å². The molecule has 1 saturated heterocycles. The number of nitrogens with one attached hydrogen (secondary N) is 1. The number of piperidine rings is 1. The van der Waals surface area contributed by atoms with Gasteiger partial charge in [-0.2, -0.15) is 0 Å². The Morgan fingerprint density at radius 3 is 2.50 bits per heavy atom. The van der Waals surface area contributed by atoms with Gasteiger partial charge in [0.1, 0.15) is 0 Å². The van der Waals surface area contributed by atoms with E-state index in [-0.39, 0.29) is 0 Å². The smallest absolute Gasteiger partial charge is 0.0794 e. The van der Waals surface area contributed by atoms with Gasteiger partial charge < -0.3 is 10.4 Å². The molecule has 10 heavy (non-hydrogen) atoms. The zero-order valence-corrected chi connectivity index (χ0v) is 6.85. The van der Waals surface area contributed by atoms with Crippen molar-refractivity contribution >= 4 is 0 Å². The van der Waals surface area contributed by atoms with Gasteiger partial charge in [0, 0.05) is 6.54 Å². The average Bonchev–Trinajstić information content (AvgIpc) is 1.89. The number of aliphatic hydroxyl groups is 1. The summed E-state index contributed by atoms with van der Waals surface area (Å²) < 4.78 is 0. The van der Waals surface area contributed by atoms with E-state index in [2.05, 4.69) is 19.2 Å². The number of rotatable bonds is 1. The standard InChI is InChI=1S/C8H17NO/c1-7(2)8(10)4-3-5-9-6-8/h7,9-10H,3-6H2,1-2H3/t8-/m1/s1. The van der Waals surface area contributed by atoms with Gasteiger partial charge in [0.2, 0.25) is 0 Å². The molecule has 0 bridgehead atoms. The quantitative estimate of drug-likeness (QED) is 0.568. The number of hydrogen-bond donors (Lipinski definition) is 2. The molecule has 2 nitrogen and oxygen atoms in total. The minimum absolute atomic E-state index is 0.375. The summed E-state index contributed by atoms with van der Waals surface area (Å²) in [6, 6.07) is 0. The molecule has 0 radical (unpaired) electrons. The molecule has 2 N–H and O–H groups in total. The fourth-order valence-electron chi connectivity index (χ4n) is 1.41. The van der Waals surface area contributed by atoms with Gasteiger partial charge in [0.05, 0.1) is 5.60 Å². The molecule has 0 saturated carbocycles. The number of hydrogen-bond acceptors (Lipinski definition) is 2. The van der Waals surface area contributed by atoms with E-state index in [0.717, 1.165) is 25.9 Å². The first-order chi connectivity index (χ1) is 4.65. The fourth-order valence-corrected chi connectivity index (χ4v) is 1.41. The van der Waals surface area contributed by atoms with Crippen LogP contribution in [-0.4, -0.2) is 23.8 Å². The Kier molecular flexibility index (Phi) is 2.32. The van der Waals surface area contributed by atoms with Crippen molar-refractivity contribution in [1.82, 2.24) is 5.32 Å². The van der Waals surface area contributed by atoms with Gasteiger partial charge in [-0.05, 0) is 25.3 Å². The Balaban J connectivity index is 2.48. The molecule has 1 aliphatic rings. The summed E-state index contributed by atoms with van der Waals surface area (Å²) in [6.07, 6.45) is 2.06. The highest BCUT2D eigenvalue weighted by molar-refractivity contribution is 4.87. The predicted molar refractivity (Wildman–Crippen MR) is 41.9 cm³/mol. The van der Waals surface area contributed by atoms with Gasteiger partial charge in [0.15, 0.2) is 0 Å². The molecule has 0 aromatic carbocycles. The molecule has 1 rings (SSSR count). The van der Waals surface area contributed by atoms with E-state index in [9.17, 15) is 5.11 Å². The Hall–Kier alpha value is -0.0800. The van der Waals surface area contributed by atoms with Crippen molar-refractivity contribution in [3.63, 3.8) is 0 Å². The molecular formula is C8H17NO. The molecule has 1 aliphatic heterocycles. The van der Waals surface area contributed by atoms with Crippen molar-refractivity contribution in [2.24, 2.45) is 5.92 Å². The molecule has 1 heterocycles. The second-order valence-corrected chi connectivity index (χ2v) is 3.54. The van der Waals surface area contributed by atoms with E-state index in [1.54, 1.807) is 0 Å². The van der Waals surface area contributed by atoms with E-state index in [1.165, 1.54) is 0 Å². The minimum atomic E-state index is -0.432. The third-order valence-electron chi connectivity index (χ3n) is 2.47. The SMILES string of the molecule is CC(C)[C@@]1(O)CCCNC1. The predicted octanol–water partition coefficient (Wildman–Crippen LogP) is 0.757. The van der Waals surface area contributed by atoms with Gasteiger partial charge in [-0.1, -0.05) is 13.8 Å². The molecule has 2 heteroatoms. The van der Waals surface area contributed by atoms with Crippen molar-refractivity contribution in [2.75, 3.05) is 13.1 Å². The third-order valence-corrected chi connectivity index (χ3v) is 2.47. The Morgan fingerprint density at radius 2 is 2.20 bits per heavy atom. The van der Waals surface area contributed by atoms with E-state index < -0.39 is 5.60 Å². The minimum Gasteiger partial charge on any atom is -0.388 e. The second kappa shape index (κ2) is 2.89. The van der Waals surface area contributed by atoms with Gasteiger partial charge >= 0.3 is 0 Å². The first kappa shape index (κ1) is 8.02. The lowest BCUT2D eigenvalue weighted by Crippen LogP contribution is -2.49. The van der Waals surface area contributed by atoms with Crippen molar-refractivity contribution in [1.29, 1.82) is 0 Å². The van der Waals surface area contributed by atoms with Crippen LogP contribution in [0.2, 0.25) is 0 Å². The summed E-state index contributed by atoms with van der Waals surface area (Å²) >= 11 is 0. The van der Waals surface area contributed by atoms with Gasteiger partial charge in [-0.25, -0.2) is 0 Å². The van der Waals surface area contributed by atoms with Gasteiger partial charge in [-0.3, -0.25) is 0 Å². The lowest BCUT2D eigenvalue weighted by molar-refractivity contribution is -0.0249. The van der Waals surface area contributed by atoms with Crippen LogP contribution in [0.5, 0.6) is 0 Å². The monoisotopic (exact) mass is 143 g/mol. The third kappa shape index (κ3) is 1.50. The van der Waals surface area contributed by atoms with Gasteiger partial charge in [0.25, 0.3) is 0 Å². The largest absolute Gasteiger partial charge is 0.388 e. The lowest BCUT2D eigenvalue weighted by atomic mass is 9.84. The molecule has 0 aromatic rings. The molecule has 0 unspecified atom stereocenters. The summed E-state index contributed by atoms with van der Waals surface area (Å²) in [5.74, 6) is 0.375. The van der Waals surface area contributed by atoms with Crippen LogP contribution < -0.4 is 5.32 Å². The lowest BCUT2D eigenvalue weighted by Gasteiger charge is -2.36. The van der Waals surface area contributed by atoms with E-state index in [1.807, 2.05) is 0 Å². The summed E-state index contributed by atoms with van der Waals surface area (Å²) in [6.45, 7) is 5.99. The summed E-state index contributed by atoms with van der Waals surface area (Å²) in [7, 11) is 0. The maximum absolute atomic E-state index is 9.89. The van der Waals surface area contributed by atoms with Crippen LogP contribution in [0.3, 0.4) is 0 Å². The molecule has 0 amide bonds. The Morgan fingerprint density at radius 1 is 1.50 bits per heavy atom. The normalized spacial score (nSPS) is 34.8. The summed E-state index contributed by atoms with van der Waals surface area (Å²) in [5.41, 5.74) is -0.432. The highest BCUT2D eigenvalue weighted by atomic mass is 16.3. The van der Waals surface area contributed by atoms with Gasteiger partial charge in [-0.15, -0.1) is 0 Å². The van der Waals surface area contributed by atoms with Crippen LogP contribution in [0.1, 0.15) is 26.7 Å². The Bertz CT molecular complexity index is 106. The van der Waals surface area contributed by atoms with Crippen LogP contribution in [-0.2, 0) is 0 Å². The van der Waals surface area contributed by atoms with Crippen LogP contribution in [0.15, 0.2) is 0 Å². The molecule has 0 aromatic heterocycles. The van der Waals surface area contributed by atoms with Crippen molar-refractivity contribution in [3.05, 3.63) is 0 Å². The zero-order valence-electron chi connectivity index (χ0n) is 6.85. The molecule has 60 valence electrons. The molecular weight excluding hydrogens is 126 g/mol. The molecule has 1 atom stereocenters. The average molecular weight is 143 g/mol. The van der Waals surface area contributed by atoms with Crippen LogP contribution in [0.4, 0.5) is 0 Å². The van der Waals surface area contributed by atoms with Crippen LogP contribution in [0, 0.1) is 5.92 Å². The van der Waals surface area contributed by atoms with Crippen molar-refractivity contribution < 1.29 is 5.11 Å². The maximum atomic E-state index is 9.89. The second-order valence-electron chi connectivity index (χ2n) is 3.54. The summed E-state index contributed by atoms with van der Waals surface area (Å²) in [4.78, 5) is 0. The van der Waals surface area contributed by atoms with Crippen LogP contribution in [0.25, 0.3) is 0 Å². The first-order valence-electron chi connectivity index (χ1n) is 4.08. The highest BCUT2D eigenvalue weighted by Crippen LogP contribution is 2.23. The fraction of sp³-hybridized carbons (Fsp3) is 1.00. The summed E-state index contributed by atoms with van der Waals surface area (Å²) in [5, 5.41) is 13.1.